The number of hydroxylamine groups is 1. The Morgan fingerprint density at radius 1 is 0.897 bits per heavy atom. The average Bonchev–Trinajstić information content (AvgIpc) is 2.91. The van der Waals surface area contributed by atoms with Gasteiger partial charge in [0.05, 0.1) is 10.5 Å². The number of hydrogen-bond acceptors (Lipinski definition) is 5. The normalized spacial score (nSPS) is 13.0. The summed E-state index contributed by atoms with van der Waals surface area (Å²) in [6.45, 7) is 9.59. The van der Waals surface area contributed by atoms with E-state index in [2.05, 4.69) is 17.6 Å². The highest BCUT2D eigenvalue weighted by Crippen LogP contribution is 2.26. The van der Waals surface area contributed by atoms with Gasteiger partial charge in [-0.2, -0.15) is 16.1 Å². The van der Waals surface area contributed by atoms with Crippen LogP contribution in [0.5, 0.6) is 0 Å². The predicted molar refractivity (Wildman–Crippen MR) is 161 cm³/mol. The maximum atomic E-state index is 14.0. The molecular formula is C31H40N2O4S2. The summed E-state index contributed by atoms with van der Waals surface area (Å²) in [5, 5.41) is 0. The maximum Gasteiger partial charge on any atom is 0.262 e. The van der Waals surface area contributed by atoms with Crippen molar-refractivity contribution >= 4 is 27.7 Å². The van der Waals surface area contributed by atoms with Crippen LogP contribution in [0.1, 0.15) is 46.6 Å². The zero-order chi connectivity index (χ0) is 28.5. The number of rotatable bonds is 13. The van der Waals surface area contributed by atoms with Crippen molar-refractivity contribution < 1.29 is 18.0 Å². The van der Waals surface area contributed by atoms with Crippen molar-refractivity contribution in [3.63, 3.8) is 0 Å². The summed E-state index contributed by atoms with van der Waals surface area (Å²) in [6, 6.07) is 25.8. The molecule has 3 rings (SSSR count). The molecule has 0 bridgehead atoms. The molecule has 0 saturated carbocycles. The molecule has 8 heteroatoms. The van der Waals surface area contributed by atoms with Crippen LogP contribution >= 0.6 is 11.8 Å². The second-order valence-corrected chi connectivity index (χ2v) is 13.9. The Hall–Kier alpha value is -2.65. The molecule has 0 spiro atoms. The molecule has 1 amide bonds. The van der Waals surface area contributed by atoms with E-state index >= 15 is 0 Å². The number of nitrogens with zero attached hydrogens (tertiary/aromatic N) is 1. The molecule has 1 N–H and O–H groups in total. The van der Waals surface area contributed by atoms with E-state index in [4.69, 9.17) is 4.84 Å². The molecule has 0 aliphatic heterocycles. The van der Waals surface area contributed by atoms with Crippen molar-refractivity contribution in [3.8, 4) is 11.1 Å². The molecule has 0 aliphatic carbocycles. The maximum absolute atomic E-state index is 14.0. The van der Waals surface area contributed by atoms with Gasteiger partial charge in [0, 0.05) is 12.3 Å². The number of benzene rings is 3. The van der Waals surface area contributed by atoms with Crippen molar-refractivity contribution in [3.05, 3.63) is 90.5 Å². The van der Waals surface area contributed by atoms with Crippen LogP contribution in [0.2, 0.25) is 0 Å². The van der Waals surface area contributed by atoms with Crippen LogP contribution in [0.4, 0.5) is 0 Å². The van der Waals surface area contributed by atoms with Gasteiger partial charge < -0.3 is 0 Å². The van der Waals surface area contributed by atoms with Crippen LogP contribution in [-0.4, -0.2) is 42.6 Å². The van der Waals surface area contributed by atoms with Gasteiger partial charge in [-0.05, 0) is 67.7 Å². The number of hydrogen-bond donors (Lipinski definition) is 1. The fourth-order valence-electron chi connectivity index (χ4n) is 3.97. The van der Waals surface area contributed by atoms with E-state index in [1.807, 2.05) is 95.3 Å². The van der Waals surface area contributed by atoms with Gasteiger partial charge in [-0.3, -0.25) is 9.63 Å². The second-order valence-electron chi connectivity index (χ2n) is 10.9. The minimum atomic E-state index is -3.97. The molecule has 0 heterocycles. The Labute approximate surface area is 238 Å². The first kappa shape index (κ1) is 30.9. The molecule has 0 aliphatic rings. The fourth-order valence-corrected chi connectivity index (χ4v) is 6.72. The smallest absolute Gasteiger partial charge is 0.262 e. The third-order valence-electron chi connectivity index (χ3n) is 5.87. The molecule has 0 radical (unpaired) electrons. The van der Waals surface area contributed by atoms with E-state index in [0.29, 0.717) is 12.2 Å². The molecule has 39 heavy (non-hydrogen) atoms. The first-order valence-corrected chi connectivity index (χ1v) is 15.8. The van der Waals surface area contributed by atoms with E-state index < -0.39 is 27.6 Å². The van der Waals surface area contributed by atoms with Crippen LogP contribution in [0.3, 0.4) is 0 Å². The average molecular weight is 569 g/mol. The summed E-state index contributed by atoms with van der Waals surface area (Å²) in [5.41, 5.74) is 5.04. The van der Waals surface area contributed by atoms with Gasteiger partial charge in [0.25, 0.3) is 5.91 Å². The van der Waals surface area contributed by atoms with E-state index in [0.717, 1.165) is 16.9 Å². The molecule has 0 fully saturated rings. The van der Waals surface area contributed by atoms with Gasteiger partial charge in [0.2, 0.25) is 10.0 Å². The number of carbonyl (C=O) groups is 1. The summed E-state index contributed by atoms with van der Waals surface area (Å²) in [4.78, 5) is 19.2. The highest BCUT2D eigenvalue weighted by atomic mass is 32.2. The Balaban J connectivity index is 1.87. The second kappa shape index (κ2) is 14.1. The Kier molecular flexibility index (Phi) is 11.2. The lowest BCUT2D eigenvalue weighted by Crippen LogP contribution is -2.52. The fraction of sp³-hybridized carbons (Fsp3) is 0.387. The standard InChI is InChI=1S/C31H40N2O4S2/c1-24(2)22-33(39(35,36)28-18-16-27(17-19-28)26-14-10-7-11-15-26)29(30(34)32-37-31(3,4)5)20-21-38-23-25-12-8-6-9-13-25/h6-19,24,29H,20-23H2,1-5H3,(H,32,34). The molecule has 3 aromatic rings. The van der Waals surface area contributed by atoms with Crippen molar-refractivity contribution in [2.24, 2.45) is 5.92 Å². The van der Waals surface area contributed by atoms with E-state index in [1.54, 1.807) is 23.9 Å². The predicted octanol–water partition coefficient (Wildman–Crippen LogP) is 6.54. The lowest BCUT2D eigenvalue weighted by Gasteiger charge is -2.32. The van der Waals surface area contributed by atoms with Crippen molar-refractivity contribution in [2.75, 3.05) is 12.3 Å². The van der Waals surface area contributed by atoms with E-state index in [9.17, 15) is 13.2 Å². The van der Waals surface area contributed by atoms with Crippen LogP contribution in [-0.2, 0) is 25.4 Å². The minimum absolute atomic E-state index is 0.0131. The zero-order valence-electron chi connectivity index (χ0n) is 23.5. The topological polar surface area (TPSA) is 75.7 Å². The number of nitrogens with one attached hydrogen (secondary N) is 1. The zero-order valence-corrected chi connectivity index (χ0v) is 25.1. The summed E-state index contributed by atoms with van der Waals surface area (Å²) >= 11 is 1.68. The highest BCUT2D eigenvalue weighted by Gasteiger charge is 2.36. The van der Waals surface area contributed by atoms with Crippen LogP contribution in [0.15, 0.2) is 89.8 Å². The first-order chi connectivity index (χ1) is 18.5. The van der Waals surface area contributed by atoms with Gasteiger partial charge in [-0.25, -0.2) is 13.9 Å². The number of amides is 1. The van der Waals surface area contributed by atoms with Gasteiger partial charge >= 0.3 is 0 Å². The van der Waals surface area contributed by atoms with E-state index in [1.165, 1.54) is 9.87 Å². The summed E-state index contributed by atoms with van der Waals surface area (Å²) in [6.07, 6.45) is 0.352. The van der Waals surface area contributed by atoms with Crippen molar-refractivity contribution in [1.29, 1.82) is 0 Å². The molecular weight excluding hydrogens is 528 g/mol. The lowest BCUT2D eigenvalue weighted by atomic mass is 10.1. The van der Waals surface area contributed by atoms with Gasteiger partial charge in [0.15, 0.2) is 0 Å². The largest absolute Gasteiger partial charge is 0.271 e. The van der Waals surface area contributed by atoms with Gasteiger partial charge in [-0.1, -0.05) is 86.6 Å². The van der Waals surface area contributed by atoms with Crippen molar-refractivity contribution in [2.45, 2.75) is 63.3 Å². The summed E-state index contributed by atoms with van der Waals surface area (Å²) in [7, 11) is -3.97. The quantitative estimate of drug-likeness (QED) is 0.187. The monoisotopic (exact) mass is 568 g/mol. The van der Waals surface area contributed by atoms with Crippen molar-refractivity contribution in [1.82, 2.24) is 9.79 Å². The summed E-state index contributed by atoms with van der Waals surface area (Å²) < 4.78 is 29.4. The lowest BCUT2D eigenvalue weighted by molar-refractivity contribution is -0.149. The van der Waals surface area contributed by atoms with Gasteiger partial charge in [0.1, 0.15) is 6.04 Å². The third-order valence-corrected chi connectivity index (χ3v) is 8.82. The summed E-state index contributed by atoms with van der Waals surface area (Å²) in [5.74, 6) is 0.944. The molecule has 210 valence electrons. The Morgan fingerprint density at radius 2 is 1.46 bits per heavy atom. The van der Waals surface area contributed by atoms with Gasteiger partial charge in [-0.15, -0.1) is 0 Å². The number of sulfonamides is 1. The molecule has 1 unspecified atom stereocenters. The van der Waals surface area contributed by atoms with E-state index in [-0.39, 0.29) is 17.4 Å². The SMILES string of the molecule is CC(C)CN(C(CCSCc1ccccc1)C(=O)NOC(C)(C)C)S(=O)(=O)c1ccc(-c2ccccc2)cc1. The first-order valence-electron chi connectivity index (χ1n) is 13.2. The third kappa shape index (κ3) is 9.49. The molecule has 0 aromatic heterocycles. The van der Waals surface area contributed by atoms with Crippen LogP contribution in [0, 0.1) is 5.92 Å². The minimum Gasteiger partial charge on any atom is -0.271 e. The van der Waals surface area contributed by atoms with Crippen LogP contribution < -0.4 is 5.48 Å². The molecule has 0 saturated heterocycles. The Morgan fingerprint density at radius 3 is 2.03 bits per heavy atom. The highest BCUT2D eigenvalue weighted by molar-refractivity contribution is 7.98. The number of thioether (sulfide) groups is 1. The molecule has 3 aromatic carbocycles. The van der Waals surface area contributed by atoms with Crippen LogP contribution in [0.25, 0.3) is 11.1 Å². The Bertz CT molecular complexity index is 1270. The molecule has 6 nitrogen and oxygen atoms in total. The molecule has 1 atom stereocenters. The number of carbonyl (C=O) groups excluding carboxylic acids is 1.